The molecule has 1 heterocycles. The van der Waals surface area contributed by atoms with Gasteiger partial charge in [0.05, 0.1) is 5.52 Å². The molecule has 0 spiro atoms. The lowest BCUT2D eigenvalue weighted by molar-refractivity contribution is 0.0525. The van der Waals surface area contributed by atoms with Gasteiger partial charge in [-0.25, -0.2) is 9.18 Å². The van der Waals surface area contributed by atoms with Crippen LogP contribution in [0, 0.1) is 11.7 Å². The van der Waals surface area contributed by atoms with Gasteiger partial charge in [0.25, 0.3) is 0 Å². The highest BCUT2D eigenvalue weighted by Gasteiger charge is 2.41. The van der Waals surface area contributed by atoms with Crippen molar-refractivity contribution < 1.29 is 13.9 Å². The van der Waals surface area contributed by atoms with Gasteiger partial charge in [0.2, 0.25) is 0 Å². The lowest BCUT2D eigenvalue weighted by atomic mass is 10.0. The van der Waals surface area contributed by atoms with Crippen LogP contribution < -0.4 is 5.32 Å². The van der Waals surface area contributed by atoms with Gasteiger partial charge >= 0.3 is 6.09 Å². The standard InChI is InChI=1S/C17H22FN3O2/c1-17(2,3)23-16(22)19-8-10-7-11(10)15-12-9-21(4)20-14(12)6-5-13(15)18/h5-6,9-11H,7-8H2,1-4H3,(H,19,22)/t10-,11+/m0/s1. The first-order chi connectivity index (χ1) is 10.7. The summed E-state index contributed by atoms with van der Waals surface area (Å²) in [5.41, 5.74) is 1.00. The number of alkyl carbamates (subject to hydrolysis) is 1. The van der Waals surface area contributed by atoms with Gasteiger partial charge in [-0.15, -0.1) is 0 Å². The fraction of sp³-hybridized carbons (Fsp3) is 0.529. The van der Waals surface area contributed by atoms with Crippen LogP contribution >= 0.6 is 0 Å². The average Bonchev–Trinajstić information content (AvgIpc) is 3.07. The highest BCUT2D eigenvalue weighted by molar-refractivity contribution is 5.83. The van der Waals surface area contributed by atoms with Crippen LogP contribution in [-0.4, -0.2) is 28.0 Å². The number of benzene rings is 1. The minimum absolute atomic E-state index is 0.123. The van der Waals surface area contributed by atoms with Gasteiger partial charge in [0.1, 0.15) is 11.4 Å². The molecule has 6 heteroatoms. The molecule has 0 unspecified atom stereocenters. The molecule has 1 N–H and O–H groups in total. The van der Waals surface area contributed by atoms with E-state index in [1.807, 2.05) is 34.0 Å². The lowest BCUT2D eigenvalue weighted by Crippen LogP contribution is -2.33. The molecule has 2 aromatic rings. The molecule has 1 saturated carbocycles. The number of halogens is 1. The van der Waals surface area contributed by atoms with Gasteiger partial charge in [-0.05, 0) is 51.2 Å². The molecule has 0 radical (unpaired) electrons. The average molecular weight is 319 g/mol. The van der Waals surface area contributed by atoms with E-state index in [4.69, 9.17) is 4.74 Å². The van der Waals surface area contributed by atoms with E-state index in [0.717, 1.165) is 17.3 Å². The fourth-order valence-electron chi connectivity index (χ4n) is 2.94. The van der Waals surface area contributed by atoms with Crippen LogP contribution in [0.15, 0.2) is 18.3 Å². The molecule has 2 atom stereocenters. The molecule has 1 aliphatic carbocycles. The summed E-state index contributed by atoms with van der Waals surface area (Å²) in [5.74, 6) is 0.163. The largest absolute Gasteiger partial charge is 0.444 e. The molecule has 1 aromatic heterocycles. The van der Waals surface area contributed by atoms with Gasteiger partial charge in [0.15, 0.2) is 0 Å². The first kappa shape index (κ1) is 15.8. The van der Waals surface area contributed by atoms with Crippen molar-refractivity contribution in [1.82, 2.24) is 15.1 Å². The number of aryl methyl sites for hydroxylation is 1. The molecule has 0 aliphatic heterocycles. The number of ether oxygens (including phenoxy) is 1. The lowest BCUT2D eigenvalue weighted by Gasteiger charge is -2.19. The molecule has 3 rings (SSSR count). The minimum atomic E-state index is -0.513. The molecule has 1 aromatic carbocycles. The number of aromatic nitrogens is 2. The number of carbonyl (C=O) groups excluding carboxylic acids is 1. The zero-order chi connectivity index (χ0) is 16.8. The Morgan fingerprint density at radius 1 is 1.48 bits per heavy atom. The molecule has 0 bridgehead atoms. The Bertz CT molecular complexity index is 748. The summed E-state index contributed by atoms with van der Waals surface area (Å²) >= 11 is 0. The zero-order valence-corrected chi connectivity index (χ0v) is 13.9. The Hall–Kier alpha value is -2.11. The van der Waals surface area contributed by atoms with E-state index >= 15 is 0 Å². The Labute approximate surface area is 134 Å². The van der Waals surface area contributed by atoms with E-state index in [1.165, 1.54) is 6.07 Å². The smallest absolute Gasteiger partial charge is 0.407 e. The van der Waals surface area contributed by atoms with E-state index in [1.54, 1.807) is 10.7 Å². The van der Waals surface area contributed by atoms with Crippen LogP contribution in [0.25, 0.3) is 10.9 Å². The third-order valence-corrected chi connectivity index (χ3v) is 3.99. The van der Waals surface area contributed by atoms with Crippen molar-refractivity contribution >= 4 is 17.0 Å². The normalized spacial score (nSPS) is 20.6. The SMILES string of the molecule is Cn1cc2c([C@@H]3C[C@H]3CNC(=O)OC(C)(C)C)c(F)ccc2n1. The molecular weight excluding hydrogens is 297 g/mol. The summed E-state index contributed by atoms with van der Waals surface area (Å²) in [5, 5.41) is 7.95. The molecule has 1 aliphatic rings. The van der Waals surface area contributed by atoms with Crippen molar-refractivity contribution in [2.24, 2.45) is 13.0 Å². The van der Waals surface area contributed by atoms with Crippen molar-refractivity contribution in [3.8, 4) is 0 Å². The second-order valence-electron chi connectivity index (χ2n) is 7.18. The molecule has 124 valence electrons. The molecular formula is C17H22FN3O2. The molecule has 1 amide bonds. The molecule has 5 nitrogen and oxygen atoms in total. The summed E-state index contributed by atoms with van der Waals surface area (Å²) in [4.78, 5) is 11.7. The van der Waals surface area contributed by atoms with Gasteiger partial charge in [0, 0.05) is 30.7 Å². The van der Waals surface area contributed by atoms with E-state index < -0.39 is 11.7 Å². The number of carbonyl (C=O) groups is 1. The second-order valence-corrected chi connectivity index (χ2v) is 7.18. The second kappa shape index (κ2) is 5.51. The summed E-state index contributed by atoms with van der Waals surface area (Å²) in [7, 11) is 1.83. The van der Waals surface area contributed by atoms with Gasteiger partial charge in [-0.3, -0.25) is 4.68 Å². The Kier molecular flexibility index (Phi) is 3.78. The molecule has 0 saturated heterocycles. The first-order valence-corrected chi connectivity index (χ1v) is 7.83. The monoisotopic (exact) mass is 319 g/mol. The predicted octanol–water partition coefficient (Wildman–Crippen LogP) is 3.34. The van der Waals surface area contributed by atoms with Crippen molar-refractivity contribution in [2.75, 3.05) is 6.54 Å². The Morgan fingerprint density at radius 3 is 2.91 bits per heavy atom. The van der Waals surface area contributed by atoms with Gasteiger partial charge in [-0.2, -0.15) is 5.10 Å². The van der Waals surface area contributed by atoms with Crippen LogP contribution in [0.2, 0.25) is 0 Å². The topological polar surface area (TPSA) is 56.2 Å². The zero-order valence-electron chi connectivity index (χ0n) is 13.9. The van der Waals surface area contributed by atoms with Crippen molar-refractivity contribution in [2.45, 2.75) is 38.7 Å². The number of nitrogens with zero attached hydrogens (tertiary/aromatic N) is 2. The van der Waals surface area contributed by atoms with Crippen LogP contribution in [-0.2, 0) is 11.8 Å². The van der Waals surface area contributed by atoms with Crippen LogP contribution in [0.1, 0.15) is 38.7 Å². The van der Waals surface area contributed by atoms with Crippen LogP contribution in [0.3, 0.4) is 0 Å². The van der Waals surface area contributed by atoms with Crippen LogP contribution in [0.5, 0.6) is 0 Å². The fourth-order valence-corrected chi connectivity index (χ4v) is 2.94. The Balaban J connectivity index is 1.67. The Morgan fingerprint density at radius 2 is 2.22 bits per heavy atom. The minimum Gasteiger partial charge on any atom is -0.444 e. The maximum Gasteiger partial charge on any atom is 0.407 e. The number of fused-ring (bicyclic) bond motifs is 1. The number of nitrogens with one attached hydrogen (secondary N) is 1. The number of hydrogen-bond donors (Lipinski definition) is 1. The third-order valence-electron chi connectivity index (χ3n) is 3.99. The van der Waals surface area contributed by atoms with E-state index in [0.29, 0.717) is 12.1 Å². The summed E-state index contributed by atoms with van der Waals surface area (Å²) in [6, 6.07) is 3.17. The number of amides is 1. The van der Waals surface area contributed by atoms with E-state index in [-0.39, 0.29) is 17.7 Å². The van der Waals surface area contributed by atoms with Gasteiger partial charge < -0.3 is 10.1 Å². The highest BCUT2D eigenvalue weighted by Crippen LogP contribution is 2.49. The number of rotatable bonds is 3. The molecule has 23 heavy (non-hydrogen) atoms. The van der Waals surface area contributed by atoms with Crippen molar-refractivity contribution in [3.05, 3.63) is 29.7 Å². The highest BCUT2D eigenvalue weighted by atomic mass is 19.1. The van der Waals surface area contributed by atoms with Crippen molar-refractivity contribution in [1.29, 1.82) is 0 Å². The summed E-state index contributed by atoms with van der Waals surface area (Å²) in [6.07, 6.45) is 2.29. The van der Waals surface area contributed by atoms with Crippen molar-refractivity contribution in [3.63, 3.8) is 0 Å². The van der Waals surface area contributed by atoms with Crippen LogP contribution in [0.4, 0.5) is 9.18 Å². The van der Waals surface area contributed by atoms with E-state index in [9.17, 15) is 9.18 Å². The molecule has 1 fully saturated rings. The van der Waals surface area contributed by atoms with E-state index in [2.05, 4.69) is 10.4 Å². The van der Waals surface area contributed by atoms with Gasteiger partial charge in [-0.1, -0.05) is 0 Å². The number of hydrogen-bond acceptors (Lipinski definition) is 3. The maximum absolute atomic E-state index is 14.3. The quantitative estimate of drug-likeness (QED) is 0.944. The predicted molar refractivity (Wildman–Crippen MR) is 85.8 cm³/mol. The third kappa shape index (κ3) is 3.46. The first-order valence-electron chi connectivity index (χ1n) is 7.83. The summed E-state index contributed by atoms with van der Waals surface area (Å²) < 4.78 is 21.2. The summed E-state index contributed by atoms with van der Waals surface area (Å²) in [6.45, 7) is 5.97. The maximum atomic E-state index is 14.3.